The molecule has 0 N–H and O–H groups in total. The summed E-state index contributed by atoms with van der Waals surface area (Å²) in [6.07, 6.45) is 2.27. The summed E-state index contributed by atoms with van der Waals surface area (Å²) in [5, 5.41) is 0.670. The van der Waals surface area contributed by atoms with Gasteiger partial charge in [0, 0.05) is 22.9 Å². The topological polar surface area (TPSA) is 92.0 Å². The van der Waals surface area contributed by atoms with E-state index in [4.69, 9.17) is 18.6 Å². The minimum atomic E-state index is -1.10. The van der Waals surface area contributed by atoms with E-state index in [1.807, 2.05) is 65.8 Å². The number of aryl methyl sites for hydroxylation is 2. The van der Waals surface area contributed by atoms with Crippen LogP contribution in [0.15, 0.2) is 117 Å². The lowest BCUT2D eigenvalue weighted by Gasteiger charge is -2.43. The molecule has 1 aromatic heterocycles. The van der Waals surface area contributed by atoms with Gasteiger partial charge in [0.25, 0.3) is 0 Å². The maximum absolute atomic E-state index is 14.4. The first-order valence-corrected chi connectivity index (χ1v) is 19.9. The van der Waals surface area contributed by atoms with Crippen LogP contribution in [-0.4, -0.2) is 23.6 Å². The Labute approximate surface area is 329 Å². The molecular weight excluding hydrogens is 701 g/mol. The quantitative estimate of drug-likeness (QED) is 0.0969. The van der Waals surface area contributed by atoms with Gasteiger partial charge in [-0.1, -0.05) is 98.3 Å². The van der Waals surface area contributed by atoms with Crippen molar-refractivity contribution in [2.24, 2.45) is 5.92 Å². The van der Waals surface area contributed by atoms with Crippen LogP contribution >= 0.6 is 0 Å². The second-order valence-corrected chi connectivity index (χ2v) is 16.6. The van der Waals surface area contributed by atoms with Gasteiger partial charge in [-0.3, -0.25) is 4.79 Å². The number of fused-ring (bicyclic) bond motifs is 13. The van der Waals surface area contributed by atoms with E-state index >= 15 is 0 Å². The van der Waals surface area contributed by atoms with E-state index < -0.39 is 35.4 Å². The first-order chi connectivity index (χ1) is 26.8. The zero-order valence-electron chi connectivity index (χ0n) is 33.4. The lowest BCUT2D eigenvalue weighted by molar-refractivity contribution is -0.188. The van der Waals surface area contributed by atoms with E-state index in [9.17, 15) is 14.4 Å². The van der Waals surface area contributed by atoms with Gasteiger partial charge in [-0.2, -0.15) is 0 Å². The predicted molar refractivity (Wildman–Crippen MR) is 219 cm³/mol. The fraction of sp³-hybridized carbons (Fsp3) is 0.367. The lowest BCUT2D eigenvalue weighted by atomic mass is 9.86. The first kappa shape index (κ1) is 38.8. The highest BCUT2D eigenvalue weighted by Gasteiger charge is 2.50. The van der Waals surface area contributed by atoms with Crippen molar-refractivity contribution in [1.82, 2.24) is 0 Å². The van der Waals surface area contributed by atoms with Crippen molar-refractivity contribution in [3.05, 3.63) is 158 Å². The van der Waals surface area contributed by atoms with Crippen molar-refractivity contribution in [3.8, 4) is 5.75 Å². The van der Waals surface area contributed by atoms with Crippen LogP contribution < -0.4 is 10.4 Å². The van der Waals surface area contributed by atoms with Gasteiger partial charge in [0.2, 0.25) is 0 Å². The molecule has 0 fully saturated rings. The molecule has 56 heavy (non-hydrogen) atoms. The van der Waals surface area contributed by atoms with Gasteiger partial charge in [0.1, 0.15) is 16.9 Å². The summed E-state index contributed by atoms with van der Waals surface area (Å²) in [5.41, 5.74) is 7.03. The standard InChI is InChI=1S/C49H52O7/c1-30(2)39-23-21-32-15-17-35(18-16-32)27-37(20-19-34-13-10-14-36(26-34)25-33-11-8-7-9-12-33)28-42(50)53-45-43-41(56-49(5,6)46(45)55-47(39)51)24-22-38-29-40(31(3)4)48(52)54-44(38)43/h7-18,22,24,26,29,31,37,45-46H,19-21,23,25,27-28H2,1-6H3/t37-,45+,46-/m0/s1. The number of hydrogen-bond acceptors (Lipinski definition) is 7. The molecule has 4 aromatic carbocycles. The van der Waals surface area contributed by atoms with Gasteiger partial charge in [0.15, 0.2) is 12.2 Å². The van der Waals surface area contributed by atoms with Crippen molar-refractivity contribution in [2.45, 2.75) is 110 Å². The van der Waals surface area contributed by atoms with E-state index in [0.29, 0.717) is 47.1 Å². The Morgan fingerprint density at radius 3 is 2.21 bits per heavy atom. The Bertz CT molecular complexity index is 2310. The Kier molecular flexibility index (Phi) is 11.3. The summed E-state index contributed by atoms with van der Waals surface area (Å²) >= 11 is 0. The number of hydrogen-bond donors (Lipinski definition) is 0. The maximum Gasteiger partial charge on any atom is 0.339 e. The largest absolute Gasteiger partial charge is 0.483 e. The van der Waals surface area contributed by atoms with Crippen LogP contribution in [0.25, 0.3) is 11.0 Å². The molecule has 5 aromatic rings. The number of allylic oxidation sites excluding steroid dienone is 1. The Morgan fingerprint density at radius 1 is 0.768 bits per heavy atom. The van der Waals surface area contributed by atoms with Crippen LogP contribution in [0.1, 0.15) is 112 Å². The van der Waals surface area contributed by atoms with Crippen molar-refractivity contribution < 1.29 is 28.2 Å². The number of ether oxygens (including phenoxy) is 3. The van der Waals surface area contributed by atoms with E-state index in [1.54, 1.807) is 0 Å². The second kappa shape index (κ2) is 16.4. The monoisotopic (exact) mass is 752 g/mol. The molecule has 3 aliphatic rings. The normalized spacial score (nSPS) is 19.8. The van der Waals surface area contributed by atoms with Crippen molar-refractivity contribution in [2.75, 3.05) is 0 Å². The van der Waals surface area contributed by atoms with E-state index in [2.05, 4.69) is 72.8 Å². The highest BCUT2D eigenvalue weighted by Crippen LogP contribution is 2.47. The van der Waals surface area contributed by atoms with Crippen LogP contribution in [0.4, 0.5) is 0 Å². The SMILES string of the molecule is CC(C)=C1CCc2ccc(cc2)C[C@H](CCc2cccc(Cc3ccccc3)c2)CC(=O)O[C@@H]2c3c(ccc4cc(C(C)C)c(=O)oc34)OC(C)(C)[C@H]2OC1=O. The van der Waals surface area contributed by atoms with Crippen molar-refractivity contribution >= 4 is 22.9 Å². The molecule has 0 amide bonds. The summed E-state index contributed by atoms with van der Waals surface area (Å²) in [5.74, 6) is -0.597. The number of benzene rings is 4. The summed E-state index contributed by atoms with van der Waals surface area (Å²) in [4.78, 5) is 41.8. The Morgan fingerprint density at radius 2 is 1.48 bits per heavy atom. The Balaban J connectivity index is 1.26. The smallest absolute Gasteiger partial charge is 0.339 e. The maximum atomic E-state index is 14.4. The molecule has 0 radical (unpaired) electrons. The average molecular weight is 753 g/mol. The molecule has 2 bridgehead atoms. The van der Waals surface area contributed by atoms with Gasteiger partial charge in [-0.15, -0.1) is 0 Å². The fourth-order valence-corrected chi connectivity index (χ4v) is 8.13. The summed E-state index contributed by atoms with van der Waals surface area (Å²) < 4.78 is 25.4. The summed E-state index contributed by atoms with van der Waals surface area (Å²) in [6, 6.07) is 33.1. The van der Waals surface area contributed by atoms with Crippen molar-refractivity contribution in [1.29, 1.82) is 0 Å². The van der Waals surface area contributed by atoms with E-state index in [0.717, 1.165) is 36.0 Å². The minimum absolute atomic E-state index is 0.0383. The fourth-order valence-electron chi connectivity index (χ4n) is 8.13. The van der Waals surface area contributed by atoms with Crippen LogP contribution in [-0.2, 0) is 44.7 Å². The van der Waals surface area contributed by atoms with Gasteiger partial charge in [-0.05, 0) is 124 Å². The average Bonchev–Trinajstić information content (AvgIpc) is 3.15. The van der Waals surface area contributed by atoms with Gasteiger partial charge in [-0.25, -0.2) is 9.59 Å². The summed E-state index contributed by atoms with van der Waals surface area (Å²) in [7, 11) is 0. The highest BCUT2D eigenvalue weighted by atomic mass is 16.6. The minimum Gasteiger partial charge on any atom is -0.483 e. The second-order valence-electron chi connectivity index (χ2n) is 16.6. The molecular formula is C49H52O7. The molecule has 0 spiro atoms. The molecule has 0 saturated carbocycles. The molecule has 7 heteroatoms. The molecule has 7 nitrogen and oxygen atoms in total. The molecule has 3 aliphatic heterocycles. The third kappa shape index (κ3) is 8.67. The Hall–Kier alpha value is -5.43. The highest BCUT2D eigenvalue weighted by molar-refractivity contribution is 5.90. The van der Waals surface area contributed by atoms with E-state index in [1.165, 1.54) is 16.7 Å². The predicted octanol–water partition coefficient (Wildman–Crippen LogP) is 10.3. The molecule has 0 unspecified atom stereocenters. The molecule has 0 aliphatic carbocycles. The molecule has 0 saturated heterocycles. The lowest BCUT2D eigenvalue weighted by Crippen LogP contribution is -2.52. The third-order valence-corrected chi connectivity index (χ3v) is 11.3. The number of carbonyl (C=O) groups is 2. The number of esters is 2. The third-order valence-electron chi connectivity index (χ3n) is 11.3. The van der Waals surface area contributed by atoms with Gasteiger partial charge < -0.3 is 18.6 Å². The molecule has 3 atom stereocenters. The number of rotatable bonds is 6. The van der Waals surface area contributed by atoms with Crippen LogP contribution in [0.2, 0.25) is 0 Å². The van der Waals surface area contributed by atoms with Crippen LogP contribution in [0.5, 0.6) is 5.75 Å². The number of carbonyl (C=O) groups excluding carboxylic acids is 2. The van der Waals surface area contributed by atoms with Gasteiger partial charge in [0.05, 0.1) is 5.56 Å². The van der Waals surface area contributed by atoms with Crippen LogP contribution in [0, 0.1) is 5.92 Å². The first-order valence-electron chi connectivity index (χ1n) is 19.9. The molecule has 8 rings (SSSR count). The van der Waals surface area contributed by atoms with Crippen molar-refractivity contribution in [3.63, 3.8) is 0 Å². The van der Waals surface area contributed by atoms with E-state index in [-0.39, 0.29) is 23.8 Å². The molecule has 290 valence electrons. The zero-order valence-corrected chi connectivity index (χ0v) is 33.4. The molecule has 4 heterocycles. The zero-order chi connectivity index (χ0) is 39.6. The van der Waals surface area contributed by atoms with Gasteiger partial charge >= 0.3 is 17.6 Å². The van der Waals surface area contributed by atoms with Crippen LogP contribution in [0.3, 0.4) is 0 Å². The summed E-state index contributed by atoms with van der Waals surface area (Å²) in [6.45, 7) is 11.3.